The van der Waals surface area contributed by atoms with Crippen LogP contribution in [0.25, 0.3) is 0 Å². The molecule has 0 saturated heterocycles. The van der Waals surface area contributed by atoms with Crippen LogP contribution in [0.2, 0.25) is 0 Å². The number of hydrogen-bond acceptors (Lipinski definition) is 6. The van der Waals surface area contributed by atoms with Crippen LogP contribution < -0.4 is 5.32 Å². The molecule has 0 heterocycles. The predicted octanol–water partition coefficient (Wildman–Crippen LogP) is 1.97. The number of carboxylic acids is 1. The molecule has 0 aliphatic heterocycles. The molecular formula is C24H35NO6S. The van der Waals surface area contributed by atoms with Gasteiger partial charge >= 0.3 is 5.97 Å². The highest BCUT2D eigenvalue weighted by Crippen LogP contribution is 2.67. The minimum atomic E-state index is -1.32. The van der Waals surface area contributed by atoms with Gasteiger partial charge in [0.05, 0.1) is 6.10 Å². The van der Waals surface area contributed by atoms with Crippen molar-refractivity contribution in [1.29, 1.82) is 0 Å². The summed E-state index contributed by atoms with van der Waals surface area (Å²) in [5, 5.41) is 33.9. The number of fused-ring (bicyclic) bond motifs is 5. The lowest BCUT2D eigenvalue weighted by molar-refractivity contribution is -0.153. The Morgan fingerprint density at radius 3 is 2.62 bits per heavy atom. The number of hydrogen-bond donors (Lipinski definition) is 5. The summed E-state index contributed by atoms with van der Waals surface area (Å²) < 4.78 is 0. The Balaban J connectivity index is 1.57. The van der Waals surface area contributed by atoms with Gasteiger partial charge < -0.3 is 20.6 Å². The van der Waals surface area contributed by atoms with Crippen molar-refractivity contribution in [3.05, 3.63) is 11.6 Å². The standard InChI is InChI=1S/C24H35NO6S/c1-23-8-7-13(26)9-12(23)3-4-14-15-5-6-16(24(15,2)10-18(27)19(14)23)20(28)21(29)25-17(11-32)22(30)31/h9,14-20,27-28,32H,3-8,10-11H2,1-2H3,(H,25,29)(H,30,31)/t14-,15-,16+,17-,18-,19+,20-,23-,24-/m0/s1. The van der Waals surface area contributed by atoms with E-state index in [1.807, 2.05) is 6.08 Å². The Morgan fingerprint density at radius 1 is 1.25 bits per heavy atom. The number of carbonyl (C=O) groups is 3. The first-order chi connectivity index (χ1) is 15.0. The van der Waals surface area contributed by atoms with Crippen molar-refractivity contribution in [1.82, 2.24) is 5.32 Å². The largest absolute Gasteiger partial charge is 0.480 e. The molecule has 0 aromatic heterocycles. The number of rotatable bonds is 5. The third-order valence-corrected chi connectivity index (χ3v) is 9.78. The molecule has 4 rings (SSSR count). The monoisotopic (exact) mass is 465 g/mol. The fourth-order valence-corrected chi connectivity index (χ4v) is 8.12. The highest BCUT2D eigenvalue weighted by molar-refractivity contribution is 7.80. The lowest BCUT2D eigenvalue weighted by Gasteiger charge is -2.60. The van der Waals surface area contributed by atoms with Crippen molar-refractivity contribution in [3.8, 4) is 0 Å². The van der Waals surface area contributed by atoms with E-state index in [1.54, 1.807) is 0 Å². The maximum Gasteiger partial charge on any atom is 0.327 e. The van der Waals surface area contributed by atoms with Crippen LogP contribution in [0, 0.1) is 34.5 Å². The number of thiol groups is 1. The van der Waals surface area contributed by atoms with Crippen LogP contribution in [-0.4, -0.2) is 57.0 Å². The fraction of sp³-hybridized carbons (Fsp3) is 0.792. The van der Waals surface area contributed by atoms with Crippen LogP contribution >= 0.6 is 12.6 Å². The van der Waals surface area contributed by atoms with Crippen LogP contribution in [0.1, 0.15) is 58.8 Å². The summed E-state index contributed by atoms with van der Waals surface area (Å²) in [5.41, 5.74) is 0.601. The maximum absolute atomic E-state index is 12.7. The maximum atomic E-state index is 12.7. The Bertz CT molecular complexity index is 844. The summed E-state index contributed by atoms with van der Waals surface area (Å²) in [6.07, 6.45) is 5.03. The molecule has 3 fully saturated rings. The second-order valence-corrected chi connectivity index (χ2v) is 11.2. The van der Waals surface area contributed by atoms with Gasteiger partial charge in [0.2, 0.25) is 5.91 Å². The average molecular weight is 466 g/mol. The molecule has 0 aromatic carbocycles. The van der Waals surface area contributed by atoms with Crippen LogP contribution in [0.5, 0.6) is 0 Å². The fourth-order valence-electron chi connectivity index (χ4n) is 7.87. The summed E-state index contributed by atoms with van der Waals surface area (Å²) >= 11 is 3.98. The quantitative estimate of drug-likeness (QED) is 0.396. The Kier molecular flexibility index (Phi) is 6.27. The summed E-state index contributed by atoms with van der Waals surface area (Å²) in [7, 11) is 0. The molecule has 8 heteroatoms. The molecule has 4 aliphatic rings. The summed E-state index contributed by atoms with van der Waals surface area (Å²) in [5.74, 6) is -1.43. The smallest absolute Gasteiger partial charge is 0.327 e. The SMILES string of the molecule is C[C@]12C[C@H](O)[C@H]3[C@@H](CCC4=CC(=O)CC[C@@]43C)[C@@H]1CC[C@@H]2[C@H](O)C(=O)N[C@@H](CS)C(=O)O. The molecular weight excluding hydrogens is 430 g/mol. The van der Waals surface area contributed by atoms with E-state index in [-0.39, 0.29) is 40.6 Å². The van der Waals surface area contributed by atoms with Gasteiger partial charge in [0.25, 0.3) is 0 Å². The molecule has 3 saturated carbocycles. The number of aliphatic carboxylic acids is 1. The van der Waals surface area contributed by atoms with Gasteiger partial charge in [-0.1, -0.05) is 19.4 Å². The van der Waals surface area contributed by atoms with Gasteiger partial charge in [0.15, 0.2) is 5.78 Å². The van der Waals surface area contributed by atoms with Crippen molar-refractivity contribution in [2.75, 3.05) is 5.75 Å². The lowest BCUT2D eigenvalue weighted by atomic mass is 9.46. The van der Waals surface area contributed by atoms with Gasteiger partial charge in [0, 0.05) is 12.2 Å². The van der Waals surface area contributed by atoms with Crippen molar-refractivity contribution in [2.24, 2.45) is 34.5 Å². The number of carbonyl (C=O) groups excluding carboxylic acids is 2. The number of ketones is 1. The van der Waals surface area contributed by atoms with Crippen molar-refractivity contribution in [3.63, 3.8) is 0 Å². The Labute approximate surface area is 194 Å². The van der Waals surface area contributed by atoms with E-state index >= 15 is 0 Å². The first-order valence-corrected chi connectivity index (χ1v) is 12.4. The molecule has 7 nitrogen and oxygen atoms in total. The first kappa shape index (κ1) is 23.8. The van der Waals surface area contributed by atoms with Crippen molar-refractivity contribution in [2.45, 2.75) is 77.0 Å². The topological polar surface area (TPSA) is 124 Å². The van der Waals surface area contributed by atoms with Gasteiger partial charge in [-0.25, -0.2) is 4.79 Å². The Hall–Kier alpha value is -1.38. The van der Waals surface area contributed by atoms with Gasteiger partial charge in [0.1, 0.15) is 12.1 Å². The van der Waals surface area contributed by atoms with E-state index in [0.29, 0.717) is 19.3 Å². The zero-order valence-corrected chi connectivity index (χ0v) is 19.7. The van der Waals surface area contributed by atoms with E-state index in [2.05, 4.69) is 31.8 Å². The highest BCUT2D eigenvalue weighted by Gasteiger charge is 2.63. The molecule has 0 spiro atoms. The first-order valence-electron chi connectivity index (χ1n) is 11.8. The molecule has 178 valence electrons. The normalized spacial score (nSPS) is 42.7. The number of nitrogens with one attached hydrogen (secondary N) is 1. The Morgan fingerprint density at radius 2 is 1.97 bits per heavy atom. The van der Waals surface area contributed by atoms with E-state index < -0.39 is 35.5 Å². The predicted molar refractivity (Wildman–Crippen MR) is 121 cm³/mol. The van der Waals surface area contributed by atoms with Crippen LogP contribution in [0.3, 0.4) is 0 Å². The van der Waals surface area contributed by atoms with Crippen LogP contribution in [0.4, 0.5) is 0 Å². The van der Waals surface area contributed by atoms with E-state index in [0.717, 1.165) is 25.7 Å². The number of allylic oxidation sites excluding steroid dienone is 1. The summed E-state index contributed by atoms with van der Waals surface area (Å²) in [6, 6.07) is -1.15. The molecule has 0 aromatic rings. The molecule has 0 radical (unpaired) electrons. The molecule has 9 atom stereocenters. The number of aliphatic hydroxyl groups is 2. The molecule has 4 aliphatic carbocycles. The molecule has 32 heavy (non-hydrogen) atoms. The van der Waals surface area contributed by atoms with Crippen LogP contribution in [0.15, 0.2) is 11.6 Å². The highest BCUT2D eigenvalue weighted by atomic mass is 32.1. The van der Waals surface area contributed by atoms with Gasteiger partial charge in [-0.15, -0.1) is 0 Å². The number of amides is 1. The van der Waals surface area contributed by atoms with Gasteiger partial charge in [-0.3, -0.25) is 9.59 Å². The summed E-state index contributed by atoms with van der Waals surface area (Å²) in [6.45, 7) is 4.28. The second-order valence-electron chi connectivity index (χ2n) is 10.9. The van der Waals surface area contributed by atoms with Gasteiger partial charge in [-0.2, -0.15) is 12.6 Å². The lowest BCUT2D eigenvalue weighted by Crippen LogP contribution is -2.58. The zero-order valence-electron chi connectivity index (χ0n) is 18.8. The molecule has 1 amide bonds. The number of carboxylic acid groups (broad SMARTS) is 1. The summed E-state index contributed by atoms with van der Waals surface area (Å²) in [4.78, 5) is 36.0. The van der Waals surface area contributed by atoms with Gasteiger partial charge in [-0.05, 0) is 79.1 Å². The van der Waals surface area contributed by atoms with Crippen molar-refractivity contribution >= 4 is 30.3 Å². The third-order valence-electron chi connectivity index (χ3n) is 9.41. The number of aliphatic hydroxyl groups excluding tert-OH is 2. The second kappa shape index (κ2) is 8.44. The third kappa shape index (κ3) is 3.62. The molecule has 0 unspecified atom stereocenters. The zero-order chi connectivity index (χ0) is 23.4. The average Bonchev–Trinajstić information content (AvgIpc) is 3.07. The van der Waals surface area contributed by atoms with Crippen LogP contribution in [-0.2, 0) is 14.4 Å². The minimum Gasteiger partial charge on any atom is -0.480 e. The molecule has 0 bridgehead atoms. The van der Waals surface area contributed by atoms with Crippen molar-refractivity contribution < 1.29 is 29.7 Å². The van der Waals surface area contributed by atoms with E-state index in [1.165, 1.54) is 5.57 Å². The minimum absolute atomic E-state index is 0.0578. The van der Waals surface area contributed by atoms with E-state index in [4.69, 9.17) is 0 Å². The molecule has 4 N–H and O–H groups in total. The van der Waals surface area contributed by atoms with E-state index in [9.17, 15) is 29.7 Å².